The molecule has 1 aromatic heterocycles. The number of oxime groups is 1. The van der Waals surface area contributed by atoms with Crippen molar-refractivity contribution in [3.63, 3.8) is 0 Å². The van der Waals surface area contributed by atoms with Gasteiger partial charge in [0.25, 0.3) is 0 Å². The third kappa shape index (κ3) is 2.23. The Kier molecular flexibility index (Phi) is 3.21. The van der Waals surface area contributed by atoms with Gasteiger partial charge in [-0.25, -0.2) is 4.98 Å². The van der Waals surface area contributed by atoms with Gasteiger partial charge in [-0.2, -0.15) is 0 Å². The van der Waals surface area contributed by atoms with E-state index < -0.39 is 0 Å². The van der Waals surface area contributed by atoms with Crippen LogP contribution in [0, 0.1) is 0 Å². The maximum Gasteiger partial charge on any atom is 0.199 e. The van der Waals surface area contributed by atoms with Crippen molar-refractivity contribution in [2.45, 2.75) is 0 Å². The highest BCUT2D eigenvalue weighted by atomic mass is 79.9. The fourth-order valence-corrected chi connectivity index (χ4v) is 2.34. The second kappa shape index (κ2) is 4.63. The predicted octanol–water partition coefficient (Wildman–Crippen LogP) is 2.67. The Bertz CT molecular complexity index is 538. The summed E-state index contributed by atoms with van der Waals surface area (Å²) in [5.41, 5.74) is 7.26. The van der Waals surface area contributed by atoms with Crippen LogP contribution in [0.25, 0.3) is 11.3 Å². The molecule has 2 rings (SSSR count). The van der Waals surface area contributed by atoms with Gasteiger partial charge < -0.3 is 10.9 Å². The Labute approximate surface area is 105 Å². The zero-order valence-corrected chi connectivity index (χ0v) is 10.5. The van der Waals surface area contributed by atoms with E-state index in [4.69, 9.17) is 10.9 Å². The Morgan fingerprint density at radius 2 is 2.31 bits per heavy atom. The summed E-state index contributed by atoms with van der Waals surface area (Å²) in [6.07, 6.45) is 0. The number of hydrogen-bond acceptors (Lipinski definition) is 4. The fraction of sp³-hybridized carbons (Fsp3) is 0. The molecule has 0 bridgehead atoms. The number of benzene rings is 1. The van der Waals surface area contributed by atoms with E-state index in [1.807, 2.05) is 29.6 Å². The van der Waals surface area contributed by atoms with Crippen LogP contribution in [0.3, 0.4) is 0 Å². The van der Waals surface area contributed by atoms with Gasteiger partial charge in [-0.3, -0.25) is 0 Å². The van der Waals surface area contributed by atoms with Crippen LogP contribution in [0.1, 0.15) is 5.01 Å². The van der Waals surface area contributed by atoms with E-state index in [2.05, 4.69) is 26.1 Å². The first kappa shape index (κ1) is 11.1. The van der Waals surface area contributed by atoms with Crippen molar-refractivity contribution in [1.29, 1.82) is 0 Å². The van der Waals surface area contributed by atoms with E-state index in [9.17, 15) is 0 Å². The van der Waals surface area contributed by atoms with Crippen molar-refractivity contribution in [2.24, 2.45) is 10.9 Å². The van der Waals surface area contributed by atoms with Gasteiger partial charge >= 0.3 is 0 Å². The van der Waals surface area contributed by atoms with Crippen molar-refractivity contribution >= 4 is 33.1 Å². The molecule has 4 nitrogen and oxygen atoms in total. The monoisotopic (exact) mass is 297 g/mol. The minimum Gasteiger partial charge on any atom is -0.409 e. The third-order valence-electron chi connectivity index (χ3n) is 1.95. The lowest BCUT2D eigenvalue weighted by Crippen LogP contribution is -2.12. The molecule has 0 radical (unpaired) electrons. The Morgan fingerprint density at radius 1 is 1.50 bits per heavy atom. The molecule has 0 amide bonds. The molecule has 0 aliphatic heterocycles. The van der Waals surface area contributed by atoms with Crippen LogP contribution < -0.4 is 5.73 Å². The summed E-state index contributed by atoms with van der Waals surface area (Å²) in [6.45, 7) is 0. The summed E-state index contributed by atoms with van der Waals surface area (Å²) in [6, 6.07) is 7.79. The first-order valence-corrected chi connectivity index (χ1v) is 6.07. The van der Waals surface area contributed by atoms with Crippen molar-refractivity contribution in [1.82, 2.24) is 4.98 Å². The highest BCUT2D eigenvalue weighted by Gasteiger charge is 2.07. The molecule has 0 fully saturated rings. The van der Waals surface area contributed by atoms with E-state index in [1.54, 1.807) is 0 Å². The number of nitrogens with zero attached hydrogens (tertiary/aromatic N) is 2. The normalized spacial score (nSPS) is 11.7. The van der Waals surface area contributed by atoms with E-state index in [-0.39, 0.29) is 5.84 Å². The van der Waals surface area contributed by atoms with Gasteiger partial charge in [-0.15, -0.1) is 11.3 Å². The van der Waals surface area contributed by atoms with Gasteiger partial charge in [0.2, 0.25) is 0 Å². The minimum atomic E-state index is 0.0336. The van der Waals surface area contributed by atoms with E-state index >= 15 is 0 Å². The van der Waals surface area contributed by atoms with Crippen LogP contribution in [0.4, 0.5) is 0 Å². The summed E-state index contributed by atoms with van der Waals surface area (Å²) >= 11 is 4.74. The fourth-order valence-electron chi connectivity index (χ4n) is 1.21. The predicted molar refractivity (Wildman–Crippen MR) is 67.8 cm³/mol. The van der Waals surface area contributed by atoms with Gasteiger partial charge in [-0.05, 0) is 12.1 Å². The molecule has 1 heterocycles. The van der Waals surface area contributed by atoms with Gasteiger partial charge in [0.1, 0.15) is 0 Å². The lowest BCUT2D eigenvalue weighted by atomic mass is 10.2. The van der Waals surface area contributed by atoms with Crippen LogP contribution in [0.2, 0.25) is 0 Å². The maximum atomic E-state index is 8.53. The maximum absolute atomic E-state index is 8.53. The van der Waals surface area contributed by atoms with E-state index in [0.717, 1.165) is 15.7 Å². The number of hydrogen-bond donors (Lipinski definition) is 2. The number of aromatic nitrogens is 1. The molecule has 0 aliphatic carbocycles. The van der Waals surface area contributed by atoms with Crippen molar-refractivity contribution < 1.29 is 5.21 Å². The van der Waals surface area contributed by atoms with E-state index in [0.29, 0.717) is 5.01 Å². The zero-order chi connectivity index (χ0) is 11.5. The molecule has 2 aromatic rings. The second-order valence-electron chi connectivity index (χ2n) is 3.03. The average Bonchev–Trinajstić information content (AvgIpc) is 2.77. The molecule has 3 N–H and O–H groups in total. The first-order chi connectivity index (χ1) is 7.70. The molecular formula is C10H8BrN3OS. The quantitative estimate of drug-likeness (QED) is 0.387. The van der Waals surface area contributed by atoms with Gasteiger partial charge in [0.05, 0.1) is 5.69 Å². The molecule has 6 heteroatoms. The molecule has 16 heavy (non-hydrogen) atoms. The number of thiazole rings is 1. The number of rotatable bonds is 2. The number of halogens is 1. The molecular weight excluding hydrogens is 290 g/mol. The lowest BCUT2D eigenvalue weighted by Gasteiger charge is -1.96. The standard InChI is InChI=1S/C10H8BrN3OS/c11-7-3-1-2-6(4-7)8-5-16-10(13-8)9(12)14-15/h1-5,15H,(H2,12,14). The largest absolute Gasteiger partial charge is 0.409 e. The molecule has 1 aromatic carbocycles. The Hall–Kier alpha value is -1.40. The van der Waals surface area contributed by atoms with Crippen LogP contribution in [0.15, 0.2) is 39.3 Å². The molecule has 0 saturated heterocycles. The highest BCUT2D eigenvalue weighted by Crippen LogP contribution is 2.24. The van der Waals surface area contributed by atoms with E-state index in [1.165, 1.54) is 11.3 Å². The van der Waals surface area contributed by atoms with Crippen LogP contribution in [-0.4, -0.2) is 16.0 Å². The summed E-state index contributed by atoms with van der Waals surface area (Å²) in [5, 5.41) is 13.8. The summed E-state index contributed by atoms with van der Waals surface area (Å²) in [7, 11) is 0. The Morgan fingerprint density at radius 3 is 3.00 bits per heavy atom. The first-order valence-electron chi connectivity index (χ1n) is 4.40. The molecule has 0 atom stereocenters. The van der Waals surface area contributed by atoms with Crippen molar-refractivity contribution in [2.75, 3.05) is 0 Å². The number of amidine groups is 1. The smallest absolute Gasteiger partial charge is 0.199 e. The summed E-state index contributed by atoms with van der Waals surface area (Å²) < 4.78 is 0.989. The van der Waals surface area contributed by atoms with Crippen LogP contribution >= 0.6 is 27.3 Å². The van der Waals surface area contributed by atoms with Crippen LogP contribution in [0.5, 0.6) is 0 Å². The minimum absolute atomic E-state index is 0.0336. The molecule has 0 saturated carbocycles. The summed E-state index contributed by atoms with van der Waals surface area (Å²) in [5.74, 6) is 0.0336. The van der Waals surface area contributed by atoms with Gasteiger partial charge in [-0.1, -0.05) is 33.2 Å². The van der Waals surface area contributed by atoms with Crippen molar-refractivity contribution in [3.8, 4) is 11.3 Å². The molecule has 0 spiro atoms. The summed E-state index contributed by atoms with van der Waals surface area (Å²) in [4.78, 5) is 4.27. The SMILES string of the molecule is N/C(=N\O)c1nc(-c2cccc(Br)c2)cs1. The second-order valence-corrected chi connectivity index (χ2v) is 4.81. The average molecular weight is 298 g/mol. The van der Waals surface area contributed by atoms with Gasteiger partial charge in [0, 0.05) is 15.4 Å². The Balaban J connectivity index is 2.39. The lowest BCUT2D eigenvalue weighted by molar-refractivity contribution is 0.318. The molecule has 82 valence electrons. The van der Waals surface area contributed by atoms with Crippen molar-refractivity contribution in [3.05, 3.63) is 39.1 Å². The van der Waals surface area contributed by atoms with Crippen LogP contribution in [-0.2, 0) is 0 Å². The molecule has 0 aliphatic rings. The highest BCUT2D eigenvalue weighted by molar-refractivity contribution is 9.10. The third-order valence-corrected chi connectivity index (χ3v) is 3.31. The topological polar surface area (TPSA) is 71.5 Å². The zero-order valence-electron chi connectivity index (χ0n) is 8.09. The van der Waals surface area contributed by atoms with Gasteiger partial charge in [0.15, 0.2) is 10.8 Å². The number of nitrogens with two attached hydrogens (primary N) is 1. The molecule has 0 unspecified atom stereocenters.